The Bertz CT molecular complexity index is 605. The van der Waals surface area contributed by atoms with Crippen LogP contribution in [0.3, 0.4) is 0 Å². The van der Waals surface area contributed by atoms with Crippen LogP contribution in [0.4, 0.5) is 0 Å². The summed E-state index contributed by atoms with van der Waals surface area (Å²) < 4.78 is 4.92. The number of hydrogen-bond acceptors (Lipinski definition) is 6. The Kier molecular flexibility index (Phi) is 5.68. The molecular formula is C15H17N3O2S. The largest absolute Gasteiger partial charge is 0.465 e. The van der Waals surface area contributed by atoms with Crippen LogP contribution in [0, 0.1) is 0 Å². The molecule has 0 saturated heterocycles. The normalized spacial score (nSPS) is 10.4. The molecule has 0 radical (unpaired) electrons. The van der Waals surface area contributed by atoms with E-state index in [4.69, 9.17) is 4.74 Å². The number of pyridine rings is 1. The molecule has 5 nitrogen and oxygen atoms in total. The van der Waals surface area contributed by atoms with Crippen LogP contribution < -0.4 is 0 Å². The summed E-state index contributed by atoms with van der Waals surface area (Å²) in [6, 6.07) is 5.65. The molecule has 0 N–H and O–H groups in total. The Morgan fingerprint density at radius 2 is 2.00 bits per heavy atom. The molecule has 6 heteroatoms. The highest BCUT2D eigenvalue weighted by Gasteiger charge is 2.09. The van der Waals surface area contributed by atoms with E-state index in [-0.39, 0.29) is 11.7 Å². The van der Waals surface area contributed by atoms with Crippen molar-refractivity contribution in [2.45, 2.75) is 25.3 Å². The number of hydrogen-bond donors (Lipinski definition) is 0. The Balaban J connectivity index is 2.20. The highest BCUT2D eigenvalue weighted by atomic mass is 32.2. The van der Waals surface area contributed by atoms with Gasteiger partial charge >= 0.3 is 5.97 Å². The fourth-order valence-corrected chi connectivity index (χ4v) is 2.41. The molecule has 0 amide bonds. The van der Waals surface area contributed by atoms with E-state index in [1.807, 2.05) is 25.1 Å². The maximum atomic E-state index is 11.4. The fraction of sp³-hybridized carbons (Fsp3) is 0.333. The molecule has 110 valence electrons. The summed E-state index contributed by atoms with van der Waals surface area (Å²) in [6.07, 6.45) is 4.24. The van der Waals surface area contributed by atoms with Gasteiger partial charge in [0.25, 0.3) is 0 Å². The van der Waals surface area contributed by atoms with E-state index in [0.29, 0.717) is 12.4 Å². The van der Waals surface area contributed by atoms with Crippen LogP contribution in [0.2, 0.25) is 0 Å². The van der Waals surface area contributed by atoms with Crippen molar-refractivity contribution in [2.75, 3.05) is 12.4 Å². The molecule has 2 aromatic heterocycles. The quantitative estimate of drug-likeness (QED) is 0.464. The Hall–Kier alpha value is -1.95. The molecule has 0 saturated carbocycles. The van der Waals surface area contributed by atoms with Gasteiger partial charge in [-0.1, -0.05) is 18.7 Å². The lowest BCUT2D eigenvalue weighted by atomic mass is 10.2. The second-order valence-electron chi connectivity index (χ2n) is 4.20. The van der Waals surface area contributed by atoms with E-state index in [9.17, 15) is 4.79 Å². The van der Waals surface area contributed by atoms with Crippen molar-refractivity contribution in [3.8, 4) is 11.4 Å². The zero-order valence-corrected chi connectivity index (χ0v) is 12.9. The first-order valence-electron chi connectivity index (χ1n) is 6.79. The number of rotatable bonds is 6. The maximum absolute atomic E-state index is 11.4. The van der Waals surface area contributed by atoms with E-state index in [1.54, 1.807) is 19.3 Å². The molecule has 0 aromatic carbocycles. The third kappa shape index (κ3) is 4.53. The molecule has 0 aliphatic carbocycles. The number of nitrogens with zero attached hydrogens (tertiary/aromatic N) is 3. The van der Waals surface area contributed by atoms with Gasteiger partial charge in [0, 0.05) is 23.7 Å². The molecule has 2 aromatic rings. The molecule has 0 atom stereocenters. The summed E-state index contributed by atoms with van der Waals surface area (Å²) >= 11 is 1.37. The average Bonchev–Trinajstić information content (AvgIpc) is 2.54. The zero-order valence-electron chi connectivity index (χ0n) is 12.1. The van der Waals surface area contributed by atoms with Gasteiger partial charge in [-0.15, -0.1) is 0 Å². The van der Waals surface area contributed by atoms with Crippen LogP contribution >= 0.6 is 11.8 Å². The summed E-state index contributed by atoms with van der Waals surface area (Å²) in [5.74, 6) is 0.678. The highest BCUT2D eigenvalue weighted by molar-refractivity contribution is 7.99. The molecular weight excluding hydrogens is 286 g/mol. The van der Waals surface area contributed by atoms with Crippen LogP contribution in [0.25, 0.3) is 11.4 Å². The van der Waals surface area contributed by atoms with Gasteiger partial charge in [0.1, 0.15) is 5.03 Å². The van der Waals surface area contributed by atoms with E-state index >= 15 is 0 Å². The third-order valence-corrected chi connectivity index (χ3v) is 3.58. The summed E-state index contributed by atoms with van der Waals surface area (Å²) in [5.41, 5.74) is 1.86. The van der Waals surface area contributed by atoms with Crippen LogP contribution in [0.15, 0.2) is 35.6 Å². The number of carbonyl (C=O) groups is 1. The van der Waals surface area contributed by atoms with Gasteiger partial charge in [-0.3, -0.25) is 9.78 Å². The smallest absolute Gasteiger partial charge is 0.316 e. The molecule has 0 fully saturated rings. The topological polar surface area (TPSA) is 65.0 Å². The van der Waals surface area contributed by atoms with Crippen molar-refractivity contribution in [1.82, 2.24) is 15.0 Å². The van der Waals surface area contributed by atoms with E-state index in [2.05, 4.69) is 15.0 Å². The van der Waals surface area contributed by atoms with Crippen LogP contribution in [0.1, 0.15) is 19.5 Å². The Morgan fingerprint density at radius 3 is 2.67 bits per heavy atom. The SMILES string of the molecule is CCOC(=O)CSc1cc(CC)nc(-c2ccncc2)n1. The van der Waals surface area contributed by atoms with Crippen molar-refractivity contribution in [2.24, 2.45) is 0 Å². The van der Waals surface area contributed by atoms with Gasteiger partial charge in [0.05, 0.1) is 12.4 Å². The fourth-order valence-electron chi connectivity index (χ4n) is 1.69. The number of aryl methyl sites for hydroxylation is 1. The Labute approximate surface area is 128 Å². The molecule has 0 aliphatic heterocycles. The zero-order chi connectivity index (χ0) is 15.1. The van der Waals surface area contributed by atoms with Crippen LogP contribution in [-0.4, -0.2) is 33.3 Å². The molecule has 2 heterocycles. The first-order valence-corrected chi connectivity index (χ1v) is 7.78. The summed E-state index contributed by atoms with van der Waals surface area (Å²) in [6.45, 7) is 4.23. The number of ether oxygens (including phenoxy) is 1. The second-order valence-corrected chi connectivity index (χ2v) is 5.20. The molecule has 2 rings (SSSR count). The van der Waals surface area contributed by atoms with Gasteiger partial charge in [0.2, 0.25) is 0 Å². The lowest BCUT2D eigenvalue weighted by Gasteiger charge is -2.07. The number of esters is 1. The summed E-state index contributed by atoms with van der Waals surface area (Å²) in [5, 5.41) is 0.779. The van der Waals surface area contributed by atoms with Crippen LogP contribution in [0.5, 0.6) is 0 Å². The van der Waals surface area contributed by atoms with E-state index < -0.39 is 0 Å². The maximum Gasteiger partial charge on any atom is 0.316 e. The molecule has 0 aliphatic rings. The lowest BCUT2D eigenvalue weighted by molar-refractivity contribution is -0.139. The average molecular weight is 303 g/mol. The van der Waals surface area contributed by atoms with Gasteiger partial charge in [-0.25, -0.2) is 9.97 Å². The molecule has 0 spiro atoms. The minimum absolute atomic E-state index is 0.232. The van der Waals surface area contributed by atoms with Crippen molar-refractivity contribution < 1.29 is 9.53 Å². The summed E-state index contributed by atoms with van der Waals surface area (Å²) in [7, 11) is 0. The van der Waals surface area contributed by atoms with Crippen molar-refractivity contribution in [1.29, 1.82) is 0 Å². The van der Waals surface area contributed by atoms with Gasteiger partial charge in [-0.2, -0.15) is 0 Å². The van der Waals surface area contributed by atoms with Gasteiger partial charge in [0.15, 0.2) is 5.82 Å². The number of thioether (sulfide) groups is 1. The van der Waals surface area contributed by atoms with Crippen molar-refractivity contribution >= 4 is 17.7 Å². The molecule has 0 bridgehead atoms. The predicted octanol–water partition coefficient (Wildman–Crippen LogP) is 2.76. The van der Waals surface area contributed by atoms with Gasteiger partial charge in [-0.05, 0) is 31.5 Å². The Morgan fingerprint density at radius 1 is 1.24 bits per heavy atom. The first-order chi connectivity index (χ1) is 10.2. The molecule has 21 heavy (non-hydrogen) atoms. The standard InChI is InChI=1S/C15H17N3O2S/c1-3-12-9-13(21-10-14(19)20-4-2)18-15(17-12)11-5-7-16-8-6-11/h5-9H,3-4,10H2,1-2H3. The lowest BCUT2D eigenvalue weighted by Crippen LogP contribution is -2.07. The van der Waals surface area contributed by atoms with Gasteiger partial charge < -0.3 is 4.74 Å². The number of carbonyl (C=O) groups excluding carboxylic acids is 1. The van der Waals surface area contributed by atoms with Crippen molar-refractivity contribution in [3.63, 3.8) is 0 Å². The predicted molar refractivity (Wildman–Crippen MR) is 82.0 cm³/mol. The number of aromatic nitrogens is 3. The second kappa shape index (κ2) is 7.73. The third-order valence-electron chi connectivity index (χ3n) is 2.70. The highest BCUT2D eigenvalue weighted by Crippen LogP contribution is 2.21. The van der Waals surface area contributed by atoms with Crippen LogP contribution in [-0.2, 0) is 16.0 Å². The summed E-state index contributed by atoms with van der Waals surface area (Å²) in [4.78, 5) is 24.4. The minimum atomic E-state index is -0.232. The minimum Gasteiger partial charge on any atom is -0.465 e. The van der Waals surface area contributed by atoms with E-state index in [0.717, 1.165) is 22.7 Å². The van der Waals surface area contributed by atoms with E-state index in [1.165, 1.54) is 11.8 Å². The first kappa shape index (κ1) is 15.4. The molecule has 0 unspecified atom stereocenters. The van der Waals surface area contributed by atoms with Crippen molar-refractivity contribution in [3.05, 3.63) is 36.3 Å². The monoisotopic (exact) mass is 303 g/mol.